The molecule has 5 heteroatoms. The molecule has 1 aliphatic rings. The smallest absolute Gasteiger partial charge is 0.226 e. The summed E-state index contributed by atoms with van der Waals surface area (Å²) in [4.78, 5) is 18.4. The molecule has 1 atom stereocenters. The van der Waals surface area contributed by atoms with E-state index in [0.717, 1.165) is 35.7 Å². The monoisotopic (exact) mass is 299 g/mol. The van der Waals surface area contributed by atoms with Gasteiger partial charge in [0.15, 0.2) is 0 Å². The standard InChI is InChI=1S/C17H21N3O2/c1-19(2)17(21)13-6-9-16-18-10-15(20(16)11-13)12-4-7-14(22-3)8-5-12/h4-5,7-8,10,13H,6,9,11H2,1-3H3. The number of carbonyl (C=O) groups excluding carboxylic acids is 1. The van der Waals surface area contributed by atoms with Crippen molar-refractivity contribution < 1.29 is 9.53 Å². The predicted molar refractivity (Wildman–Crippen MR) is 84.7 cm³/mol. The van der Waals surface area contributed by atoms with Crippen molar-refractivity contribution in [2.75, 3.05) is 21.2 Å². The first-order chi connectivity index (χ1) is 10.6. The second-order valence-electron chi connectivity index (χ2n) is 5.87. The minimum Gasteiger partial charge on any atom is -0.497 e. The number of amides is 1. The number of hydrogen-bond donors (Lipinski definition) is 0. The first kappa shape index (κ1) is 14.6. The molecule has 0 radical (unpaired) electrons. The van der Waals surface area contributed by atoms with Crippen LogP contribution in [0.25, 0.3) is 11.3 Å². The lowest BCUT2D eigenvalue weighted by atomic mass is 9.97. The van der Waals surface area contributed by atoms with Gasteiger partial charge in [-0.25, -0.2) is 4.98 Å². The summed E-state index contributed by atoms with van der Waals surface area (Å²) >= 11 is 0. The molecule has 1 amide bonds. The highest BCUT2D eigenvalue weighted by molar-refractivity contribution is 5.78. The van der Waals surface area contributed by atoms with Gasteiger partial charge >= 0.3 is 0 Å². The molecule has 5 nitrogen and oxygen atoms in total. The molecule has 0 aliphatic carbocycles. The van der Waals surface area contributed by atoms with E-state index in [1.807, 2.05) is 44.6 Å². The Morgan fingerprint density at radius 3 is 2.68 bits per heavy atom. The number of nitrogens with zero attached hydrogens (tertiary/aromatic N) is 3. The van der Waals surface area contributed by atoms with Gasteiger partial charge < -0.3 is 14.2 Å². The van der Waals surface area contributed by atoms with E-state index in [4.69, 9.17) is 4.74 Å². The van der Waals surface area contributed by atoms with Gasteiger partial charge in [-0.3, -0.25) is 4.79 Å². The molecule has 0 spiro atoms. The third-order valence-electron chi connectivity index (χ3n) is 4.23. The maximum Gasteiger partial charge on any atom is 0.226 e. The number of rotatable bonds is 3. The first-order valence-electron chi connectivity index (χ1n) is 7.50. The van der Waals surface area contributed by atoms with Gasteiger partial charge in [-0.05, 0) is 30.7 Å². The Bertz CT molecular complexity index is 674. The van der Waals surface area contributed by atoms with Crippen molar-refractivity contribution in [2.45, 2.75) is 19.4 Å². The average Bonchev–Trinajstić information content (AvgIpc) is 2.97. The Morgan fingerprint density at radius 1 is 1.32 bits per heavy atom. The summed E-state index contributed by atoms with van der Waals surface area (Å²) in [6, 6.07) is 7.95. The van der Waals surface area contributed by atoms with E-state index in [0.29, 0.717) is 6.54 Å². The van der Waals surface area contributed by atoms with Crippen LogP contribution in [-0.4, -0.2) is 41.6 Å². The van der Waals surface area contributed by atoms with E-state index in [1.165, 1.54) is 0 Å². The van der Waals surface area contributed by atoms with Crippen molar-refractivity contribution in [2.24, 2.45) is 5.92 Å². The second-order valence-corrected chi connectivity index (χ2v) is 5.87. The molecule has 1 aromatic carbocycles. The lowest BCUT2D eigenvalue weighted by Gasteiger charge is -2.26. The average molecular weight is 299 g/mol. The molecular formula is C17H21N3O2. The number of aromatic nitrogens is 2. The Hall–Kier alpha value is -2.30. The summed E-state index contributed by atoms with van der Waals surface area (Å²) in [5, 5.41) is 0. The van der Waals surface area contributed by atoms with Crippen molar-refractivity contribution in [1.82, 2.24) is 14.5 Å². The van der Waals surface area contributed by atoms with Crippen molar-refractivity contribution in [3.63, 3.8) is 0 Å². The molecule has 0 saturated carbocycles. The molecule has 1 unspecified atom stereocenters. The van der Waals surface area contributed by atoms with E-state index in [-0.39, 0.29) is 11.8 Å². The molecule has 3 rings (SSSR count). The highest BCUT2D eigenvalue weighted by atomic mass is 16.5. The summed E-state index contributed by atoms with van der Waals surface area (Å²) in [7, 11) is 5.29. The Morgan fingerprint density at radius 2 is 2.05 bits per heavy atom. The number of fused-ring (bicyclic) bond motifs is 1. The number of aryl methyl sites for hydroxylation is 1. The van der Waals surface area contributed by atoms with Gasteiger partial charge in [0, 0.05) is 32.6 Å². The Balaban J connectivity index is 1.90. The van der Waals surface area contributed by atoms with Gasteiger partial charge in [0.1, 0.15) is 11.6 Å². The van der Waals surface area contributed by atoms with Crippen LogP contribution in [0, 0.1) is 5.92 Å². The number of hydrogen-bond acceptors (Lipinski definition) is 3. The fourth-order valence-electron chi connectivity index (χ4n) is 2.99. The van der Waals surface area contributed by atoms with Crippen molar-refractivity contribution >= 4 is 5.91 Å². The van der Waals surface area contributed by atoms with Gasteiger partial charge in [0.25, 0.3) is 0 Å². The zero-order chi connectivity index (χ0) is 15.7. The molecular weight excluding hydrogens is 278 g/mol. The van der Waals surface area contributed by atoms with E-state index < -0.39 is 0 Å². The maximum absolute atomic E-state index is 12.2. The summed E-state index contributed by atoms with van der Waals surface area (Å²) in [5.41, 5.74) is 2.16. The van der Waals surface area contributed by atoms with Crippen LogP contribution in [0.2, 0.25) is 0 Å². The van der Waals surface area contributed by atoms with Crippen LogP contribution in [0.3, 0.4) is 0 Å². The summed E-state index contributed by atoms with van der Waals surface area (Å²) < 4.78 is 7.38. The van der Waals surface area contributed by atoms with Crippen LogP contribution < -0.4 is 4.74 Å². The predicted octanol–water partition coefficient (Wildman–Crippen LogP) is 2.21. The first-order valence-corrected chi connectivity index (χ1v) is 7.50. The fraction of sp³-hybridized carbons (Fsp3) is 0.412. The van der Waals surface area contributed by atoms with Crippen molar-refractivity contribution in [3.8, 4) is 17.0 Å². The molecule has 2 heterocycles. The van der Waals surface area contributed by atoms with Crippen LogP contribution in [0.15, 0.2) is 30.5 Å². The number of methoxy groups -OCH3 is 1. The van der Waals surface area contributed by atoms with E-state index >= 15 is 0 Å². The minimum absolute atomic E-state index is 0.0358. The number of carbonyl (C=O) groups is 1. The highest BCUT2D eigenvalue weighted by Gasteiger charge is 2.28. The Labute approximate surface area is 130 Å². The highest BCUT2D eigenvalue weighted by Crippen LogP contribution is 2.29. The summed E-state index contributed by atoms with van der Waals surface area (Å²) in [6.45, 7) is 0.702. The molecule has 0 bridgehead atoms. The lowest BCUT2D eigenvalue weighted by molar-refractivity contribution is -0.133. The van der Waals surface area contributed by atoms with Crippen molar-refractivity contribution in [1.29, 1.82) is 0 Å². The topological polar surface area (TPSA) is 47.4 Å². The van der Waals surface area contributed by atoms with Gasteiger partial charge in [-0.15, -0.1) is 0 Å². The second kappa shape index (κ2) is 5.83. The number of imidazole rings is 1. The normalized spacial score (nSPS) is 17.0. The van der Waals surface area contributed by atoms with E-state index in [9.17, 15) is 4.79 Å². The quantitative estimate of drug-likeness (QED) is 0.873. The van der Waals surface area contributed by atoms with Gasteiger partial charge in [0.05, 0.1) is 24.9 Å². The summed E-state index contributed by atoms with van der Waals surface area (Å²) in [5.74, 6) is 2.13. The molecule has 0 fully saturated rings. The van der Waals surface area contributed by atoms with Gasteiger partial charge in [0.2, 0.25) is 5.91 Å². The largest absolute Gasteiger partial charge is 0.497 e. The zero-order valence-corrected chi connectivity index (χ0v) is 13.2. The van der Waals surface area contributed by atoms with Crippen LogP contribution in [0.4, 0.5) is 0 Å². The van der Waals surface area contributed by atoms with Crippen LogP contribution in [0.1, 0.15) is 12.2 Å². The van der Waals surface area contributed by atoms with Crippen LogP contribution >= 0.6 is 0 Å². The van der Waals surface area contributed by atoms with Crippen LogP contribution in [0.5, 0.6) is 5.75 Å². The minimum atomic E-state index is 0.0358. The van der Waals surface area contributed by atoms with Gasteiger partial charge in [-0.2, -0.15) is 0 Å². The molecule has 0 saturated heterocycles. The summed E-state index contributed by atoms with van der Waals surface area (Å²) in [6.07, 6.45) is 3.62. The Kier molecular flexibility index (Phi) is 3.88. The third kappa shape index (κ3) is 2.58. The number of benzene rings is 1. The number of ether oxygens (including phenoxy) is 1. The van der Waals surface area contributed by atoms with E-state index in [2.05, 4.69) is 9.55 Å². The maximum atomic E-state index is 12.2. The molecule has 22 heavy (non-hydrogen) atoms. The molecule has 2 aromatic rings. The van der Waals surface area contributed by atoms with Crippen LogP contribution in [-0.2, 0) is 17.8 Å². The molecule has 0 N–H and O–H groups in total. The molecule has 1 aliphatic heterocycles. The zero-order valence-electron chi connectivity index (χ0n) is 13.2. The fourth-order valence-corrected chi connectivity index (χ4v) is 2.99. The van der Waals surface area contributed by atoms with Crippen molar-refractivity contribution in [3.05, 3.63) is 36.3 Å². The van der Waals surface area contributed by atoms with Gasteiger partial charge in [-0.1, -0.05) is 0 Å². The molecule has 116 valence electrons. The third-order valence-corrected chi connectivity index (χ3v) is 4.23. The van der Waals surface area contributed by atoms with E-state index in [1.54, 1.807) is 12.0 Å². The SMILES string of the molecule is COc1ccc(-c2cnc3n2CC(C(=O)N(C)C)CC3)cc1. The molecule has 1 aromatic heterocycles. The lowest BCUT2D eigenvalue weighted by Crippen LogP contribution is -2.35.